The van der Waals surface area contributed by atoms with Crippen LogP contribution >= 0.6 is 11.8 Å². The Hall–Kier alpha value is -3.00. The van der Waals surface area contributed by atoms with Crippen LogP contribution in [0.3, 0.4) is 0 Å². The number of hydrogen-bond acceptors (Lipinski definition) is 6. The van der Waals surface area contributed by atoms with Gasteiger partial charge in [-0.2, -0.15) is 5.10 Å². The number of carbonyl (C=O) groups is 1. The van der Waals surface area contributed by atoms with Gasteiger partial charge in [-0.1, -0.05) is 54.2 Å². The zero-order valence-corrected chi connectivity index (χ0v) is 14.8. The number of hydrogen-bond donors (Lipinski definition) is 1. The first-order chi connectivity index (χ1) is 12.5. The number of carbonyl (C=O) groups excluding carboxylic acids is 1. The Morgan fingerprint density at radius 3 is 2.73 bits per heavy atom. The molecule has 8 heteroatoms. The van der Waals surface area contributed by atoms with Crippen LogP contribution in [0.25, 0.3) is 0 Å². The highest BCUT2D eigenvalue weighted by atomic mass is 32.2. The fraction of sp³-hybridized carbons (Fsp3) is 0.167. The fourth-order valence-corrected chi connectivity index (χ4v) is 3.48. The molecular weight excluding hydrogens is 352 g/mol. The molecule has 0 saturated carbocycles. The van der Waals surface area contributed by atoms with Crippen LogP contribution in [-0.2, 0) is 11.2 Å². The summed E-state index contributed by atoms with van der Waals surface area (Å²) in [5.41, 5.74) is 2.56. The highest BCUT2D eigenvalue weighted by Gasteiger charge is 2.32. The van der Waals surface area contributed by atoms with E-state index in [1.807, 2.05) is 31.2 Å². The summed E-state index contributed by atoms with van der Waals surface area (Å²) in [6.07, 6.45) is 1.89. The lowest BCUT2D eigenvalue weighted by Crippen LogP contribution is -2.26. The number of aryl methyl sites for hydroxylation is 1. The Morgan fingerprint density at radius 2 is 1.96 bits per heavy atom. The molecule has 2 aromatic rings. The number of amides is 1. The largest absolute Gasteiger partial charge is 0.303 e. The van der Waals surface area contributed by atoms with Crippen molar-refractivity contribution in [2.45, 2.75) is 18.6 Å². The van der Waals surface area contributed by atoms with Crippen molar-refractivity contribution in [3.63, 3.8) is 0 Å². The van der Waals surface area contributed by atoms with Crippen LogP contribution < -0.4 is 5.32 Å². The maximum absolute atomic E-state index is 12.1. The van der Waals surface area contributed by atoms with Crippen LogP contribution in [0, 0.1) is 17.0 Å². The highest BCUT2D eigenvalue weighted by Crippen LogP contribution is 2.27. The van der Waals surface area contributed by atoms with Crippen molar-refractivity contribution in [2.75, 3.05) is 0 Å². The summed E-state index contributed by atoms with van der Waals surface area (Å²) < 4.78 is 0. The number of thioether (sulfide) groups is 1. The van der Waals surface area contributed by atoms with E-state index in [4.69, 9.17) is 0 Å². The minimum Gasteiger partial charge on any atom is -0.303 e. The first-order valence-electron chi connectivity index (χ1n) is 7.91. The number of nitrogens with zero attached hydrogens (tertiary/aromatic N) is 3. The molecule has 1 heterocycles. The van der Waals surface area contributed by atoms with Crippen molar-refractivity contribution in [2.24, 2.45) is 10.2 Å². The van der Waals surface area contributed by atoms with Crippen LogP contribution in [-0.4, -0.2) is 27.5 Å². The molecule has 0 radical (unpaired) electrons. The lowest BCUT2D eigenvalue weighted by Gasteiger charge is -2.05. The molecule has 26 heavy (non-hydrogen) atoms. The molecule has 1 N–H and O–H groups in total. The van der Waals surface area contributed by atoms with Crippen LogP contribution in [0.5, 0.6) is 0 Å². The summed E-state index contributed by atoms with van der Waals surface area (Å²) in [6.45, 7) is 1.98. The van der Waals surface area contributed by atoms with E-state index in [-0.39, 0.29) is 18.0 Å². The van der Waals surface area contributed by atoms with Crippen LogP contribution in [0.4, 0.5) is 5.69 Å². The minimum absolute atomic E-state index is 0.0175. The van der Waals surface area contributed by atoms with Gasteiger partial charge in [-0.3, -0.25) is 14.9 Å². The molecule has 0 aromatic heterocycles. The number of rotatable bonds is 5. The van der Waals surface area contributed by atoms with Gasteiger partial charge in [-0.15, -0.1) is 5.10 Å². The van der Waals surface area contributed by atoms with Crippen LogP contribution in [0.1, 0.15) is 16.7 Å². The first-order valence-corrected chi connectivity index (χ1v) is 8.79. The number of benzene rings is 2. The normalized spacial score (nSPS) is 18.4. The Balaban J connectivity index is 1.69. The van der Waals surface area contributed by atoms with Gasteiger partial charge < -0.3 is 5.32 Å². The quantitative estimate of drug-likeness (QED) is 0.498. The summed E-state index contributed by atoms with van der Waals surface area (Å²) in [5.74, 6) is -0.224. The molecule has 1 amide bonds. The van der Waals surface area contributed by atoms with Crippen molar-refractivity contribution in [1.82, 2.24) is 5.32 Å². The lowest BCUT2D eigenvalue weighted by atomic mass is 10.1. The number of nitrogens with one attached hydrogen (secondary N) is 1. The van der Waals surface area contributed by atoms with Crippen molar-refractivity contribution >= 4 is 34.7 Å². The molecule has 2 aromatic carbocycles. The standard InChI is InChI=1S/C18H16N4O3S/c1-12-6-2-3-8-14(12)11-19-21-18-20-17(23)16(26-18)10-13-7-4-5-9-15(13)22(24)25/h2-9,11,16H,10H2,1H3,(H,20,21,23)/b19-11-/t16-/m0/s1. The Bertz CT molecular complexity index is 911. The van der Waals surface area contributed by atoms with Gasteiger partial charge >= 0.3 is 0 Å². The molecule has 1 saturated heterocycles. The predicted molar refractivity (Wildman–Crippen MR) is 103 cm³/mol. The number of nitro groups is 1. The van der Waals surface area contributed by atoms with Crippen molar-refractivity contribution in [1.29, 1.82) is 0 Å². The second-order valence-corrected chi connectivity index (χ2v) is 6.88. The lowest BCUT2D eigenvalue weighted by molar-refractivity contribution is -0.385. The van der Waals surface area contributed by atoms with E-state index in [1.165, 1.54) is 17.8 Å². The Labute approximate surface area is 154 Å². The zero-order valence-electron chi connectivity index (χ0n) is 14.0. The Morgan fingerprint density at radius 1 is 1.23 bits per heavy atom. The van der Waals surface area contributed by atoms with E-state index in [0.717, 1.165) is 11.1 Å². The second kappa shape index (κ2) is 7.92. The molecule has 7 nitrogen and oxygen atoms in total. The topological polar surface area (TPSA) is 97.0 Å². The summed E-state index contributed by atoms with van der Waals surface area (Å²) in [5, 5.41) is 21.8. The first kappa shape index (κ1) is 17.8. The molecule has 0 aliphatic carbocycles. The van der Waals surface area contributed by atoms with Gasteiger partial charge in [0.2, 0.25) is 5.91 Å². The van der Waals surface area contributed by atoms with Crippen molar-refractivity contribution < 1.29 is 9.72 Å². The molecule has 0 spiro atoms. The van der Waals surface area contributed by atoms with Crippen molar-refractivity contribution in [3.8, 4) is 0 Å². The maximum atomic E-state index is 12.1. The van der Waals surface area contributed by atoms with Crippen LogP contribution in [0.15, 0.2) is 58.7 Å². The summed E-state index contributed by atoms with van der Waals surface area (Å²) in [7, 11) is 0. The zero-order chi connectivity index (χ0) is 18.5. The molecule has 132 valence electrons. The SMILES string of the molecule is Cc1ccccc1/C=N\N=C1/NC(=O)[C@H](Cc2ccccc2[N+](=O)[O-])S1. The highest BCUT2D eigenvalue weighted by molar-refractivity contribution is 8.15. The van der Waals surface area contributed by atoms with Gasteiger partial charge in [-0.25, -0.2) is 0 Å². The third-order valence-corrected chi connectivity index (χ3v) is 4.98. The van der Waals surface area contributed by atoms with Gasteiger partial charge in [0.05, 0.1) is 16.4 Å². The third kappa shape index (κ3) is 4.15. The van der Waals surface area contributed by atoms with E-state index in [0.29, 0.717) is 10.7 Å². The third-order valence-electron chi connectivity index (χ3n) is 3.90. The monoisotopic (exact) mass is 368 g/mol. The van der Waals surface area contributed by atoms with E-state index < -0.39 is 10.2 Å². The van der Waals surface area contributed by atoms with Gasteiger partial charge in [0.1, 0.15) is 0 Å². The molecule has 1 aliphatic heterocycles. The van der Waals surface area contributed by atoms with E-state index in [9.17, 15) is 14.9 Å². The number of nitro benzene ring substituents is 1. The number of amidine groups is 1. The summed E-state index contributed by atoms with van der Waals surface area (Å²) in [6, 6.07) is 14.2. The summed E-state index contributed by atoms with van der Waals surface area (Å²) >= 11 is 1.23. The smallest absolute Gasteiger partial charge is 0.272 e. The van der Waals surface area contributed by atoms with Gasteiger partial charge in [0.15, 0.2) is 5.17 Å². The average molecular weight is 368 g/mol. The molecule has 1 fully saturated rings. The second-order valence-electron chi connectivity index (χ2n) is 5.69. The molecule has 0 unspecified atom stereocenters. The predicted octanol–water partition coefficient (Wildman–Crippen LogP) is 3.07. The molecule has 1 aliphatic rings. The molecule has 1 atom stereocenters. The molecule has 3 rings (SSSR count). The van der Waals surface area contributed by atoms with Gasteiger partial charge in [-0.05, 0) is 18.1 Å². The fourth-order valence-electron chi connectivity index (χ4n) is 2.52. The van der Waals surface area contributed by atoms with E-state index in [1.54, 1.807) is 24.4 Å². The van der Waals surface area contributed by atoms with E-state index >= 15 is 0 Å². The van der Waals surface area contributed by atoms with Gasteiger partial charge in [0, 0.05) is 18.1 Å². The number of para-hydroxylation sites is 1. The van der Waals surface area contributed by atoms with Crippen LogP contribution in [0.2, 0.25) is 0 Å². The summed E-state index contributed by atoms with van der Waals surface area (Å²) in [4.78, 5) is 22.8. The molecule has 0 bridgehead atoms. The van der Waals surface area contributed by atoms with Crippen molar-refractivity contribution in [3.05, 3.63) is 75.3 Å². The van der Waals surface area contributed by atoms with Gasteiger partial charge in [0.25, 0.3) is 5.69 Å². The Kier molecular flexibility index (Phi) is 5.43. The minimum atomic E-state index is -0.469. The average Bonchev–Trinajstić information content (AvgIpc) is 2.96. The van der Waals surface area contributed by atoms with E-state index in [2.05, 4.69) is 15.5 Å². The maximum Gasteiger partial charge on any atom is 0.272 e. The molecular formula is C18H16N4O3S.